The first-order valence-corrected chi connectivity index (χ1v) is 10.7. The molecule has 0 bridgehead atoms. The van der Waals surface area contributed by atoms with Crippen LogP contribution in [-0.2, 0) is 4.79 Å². The first-order valence-electron chi connectivity index (χ1n) is 9.81. The molecular weight excluding hydrogens is 338 g/mol. The number of unbranched alkanes of at least 4 members (excludes halogenated alkanes) is 14. The highest BCUT2D eigenvalue weighted by atomic mass is 32.1. The van der Waals surface area contributed by atoms with Crippen LogP contribution in [0, 0.1) is 0 Å². The summed E-state index contributed by atoms with van der Waals surface area (Å²) in [5.41, 5.74) is 1.67. The largest absolute Gasteiger partial charge is 0.289 e. The smallest absolute Gasteiger partial charge is 0.243 e. The van der Waals surface area contributed by atoms with Gasteiger partial charge in [0.15, 0.2) is 0 Å². The lowest BCUT2D eigenvalue weighted by Gasteiger charge is -2.03. The molecule has 0 rings (SSSR count). The van der Waals surface area contributed by atoms with Crippen molar-refractivity contribution in [3.05, 3.63) is 0 Å². The van der Waals surface area contributed by atoms with Crippen LogP contribution in [0.15, 0.2) is 0 Å². The Hall–Kier alpha value is -0.130. The van der Waals surface area contributed by atoms with Crippen LogP contribution in [-0.4, -0.2) is 15.3 Å². The van der Waals surface area contributed by atoms with Gasteiger partial charge in [-0.25, -0.2) is 5.48 Å². The zero-order valence-corrected chi connectivity index (χ0v) is 16.9. The lowest BCUT2D eigenvalue weighted by molar-refractivity contribution is -0.129. The minimum atomic E-state index is -0.267. The summed E-state index contributed by atoms with van der Waals surface area (Å²) in [5.74, 6) is -0.267. The molecule has 0 heterocycles. The molecule has 3 nitrogen and oxygen atoms in total. The van der Waals surface area contributed by atoms with E-state index in [-0.39, 0.29) is 5.91 Å². The van der Waals surface area contributed by atoms with Crippen LogP contribution in [0.4, 0.5) is 0 Å². The second-order valence-electron chi connectivity index (χ2n) is 6.73. The van der Waals surface area contributed by atoms with E-state index in [1.54, 1.807) is 5.48 Å². The van der Waals surface area contributed by atoms with E-state index in [1.807, 2.05) is 0 Å². The van der Waals surface area contributed by atoms with Crippen LogP contribution in [0.3, 0.4) is 0 Å². The van der Waals surface area contributed by atoms with Gasteiger partial charge in [-0.3, -0.25) is 10.0 Å². The van der Waals surface area contributed by atoms with E-state index in [0.29, 0.717) is 6.42 Å². The second kappa shape index (κ2) is 19.2. The third-order valence-corrected chi connectivity index (χ3v) is 4.85. The molecule has 24 heavy (non-hydrogen) atoms. The van der Waals surface area contributed by atoms with Crippen molar-refractivity contribution in [2.75, 3.05) is 0 Å². The number of rotatable bonds is 18. The van der Waals surface area contributed by atoms with Gasteiger partial charge in [0.2, 0.25) is 5.91 Å². The number of amides is 1. The Morgan fingerprint density at radius 3 is 1.25 bits per heavy atom. The summed E-state index contributed by atoms with van der Waals surface area (Å²) in [6, 6.07) is 0. The maximum Gasteiger partial charge on any atom is 0.243 e. The molecule has 0 aromatic rings. The van der Waals surface area contributed by atoms with E-state index in [2.05, 4.69) is 12.6 Å². The van der Waals surface area contributed by atoms with Crippen LogP contribution in [0.1, 0.15) is 109 Å². The van der Waals surface area contributed by atoms with Crippen molar-refractivity contribution in [1.82, 2.24) is 5.48 Å². The summed E-state index contributed by atoms with van der Waals surface area (Å²) in [7, 11) is 0. The molecule has 0 aliphatic heterocycles. The highest BCUT2D eigenvalue weighted by molar-refractivity contribution is 8.11. The van der Waals surface area contributed by atoms with Crippen LogP contribution < -0.4 is 5.48 Å². The number of hydrogen-bond donors (Lipinski definition) is 3. The molecule has 0 aliphatic rings. The number of thiocarbonyl (C=S) groups is 1. The molecule has 0 fully saturated rings. The molecule has 0 aromatic heterocycles. The fraction of sp³-hybridized carbons (Fsp3) is 0.895. The predicted octanol–water partition coefficient (Wildman–Crippen LogP) is 6.38. The average molecular weight is 376 g/mol. The number of thiol groups is 1. The van der Waals surface area contributed by atoms with E-state index in [4.69, 9.17) is 17.4 Å². The van der Waals surface area contributed by atoms with Crippen molar-refractivity contribution in [2.45, 2.75) is 109 Å². The Balaban J connectivity index is 3.03. The molecule has 0 saturated heterocycles. The minimum absolute atomic E-state index is 0.267. The first kappa shape index (κ1) is 23.9. The molecule has 0 aromatic carbocycles. The maximum atomic E-state index is 10.8. The predicted molar refractivity (Wildman–Crippen MR) is 110 cm³/mol. The van der Waals surface area contributed by atoms with Gasteiger partial charge in [-0.05, 0) is 19.3 Å². The summed E-state index contributed by atoms with van der Waals surface area (Å²) >= 11 is 9.10. The molecule has 0 unspecified atom stereocenters. The summed E-state index contributed by atoms with van der Waals surface area (Å²) in [6.45, 7) is 0. The lowest BCUT2D eigenvalue weighted by atomic mass is 10.0. The van der Waals surface area contributed by atoms with Gasteiger partial charge < -0.3 is 0 Å². The van der Waals surface area contributed by atoms with Gasteiger partial charge >= 0.3 is 0 Å². The number of carbonyl (C=O) groups excluding carboxylic acids is 1. The van der Waals surface area contributed by atoms with Gasteiger partial charge in [-0.15, -0.1) is 12.6 Å². The van der Waals surface area contributed by atoms with Crippen molar-refractivity contribution in [3.63, 3.8) is 0 Å². The number of nitrogens with one attached hydrogen (secondary N) is 1. The SMILES string of the molecule is O=C(CCCCCCCCCCCCCCCCCC(=S)S)NO. The molecule has 0 saturated carbocycles. The Bertz CT molecular complexity index is 312. The molecule has 0 spiro atoms. The van der Waals surface area contributed by atoms with Crippen molar-refractivity contribution in [2.24, 2.45) is 0 Å². The topological polar surface area (TPSA) is 49.3 Å². The Labute approximate surface area is 159 Å². The van der Waals surface area contributed by atoms with Gasteiger partial charge in [-0.1, -0.05) is 95.7 Å². The standard InChI is InChI=1S/C19H37NO2S2/c21-18(20-22)16-14-12-10-8-6-4-2-1-3-5-7-9-11-13-15-17-19(23)24/h22H,1-17H2,(H,20,21)(H,23,24). The van der Waals surface area contributed by atoms with E-state index in [9.17, 15) is 4.79 Å². The van der Waals surface area contributed by atoms with E-state index >= 15 is 0 Å². The monoisotopic (exact) mass is 375 g/mol. The van der Waals surface area contributed by atoms with Gasteiger partial charge in [-0.2, -0.15) is 0 Å². The fourth-order valence-electron chi connectivity index (χ4n) is 2.92. The lowest BCUT2D eigenvalue weighted by Crippen LogP contribution is -2.17. The van der Waals surface area contributed by atoms with Gasteiger partial charge in [0.05, 0.1) is 0 Å². The van der Waals surface area contributed by atoms with Crippen LogP contribution in [0.5, 0.6) is 0 Å². The van der Waals surface area contributed by atoms with E-state index in [1.165, 1.54) is 83.5 Å². The highest BCUT2D eigenvalue weighted by Crippen LogP contribution is 2.14. The summed E-state index contributed by atoms with van der Waals surface area (Å²) in [6.07, 6.45) is 20.7. The summed E-state index contributed by atoms with van der Waals surface area (Å²) in [4.78, 5) is 10.8. The summed E-state index contributed by atoms with van der Waals surface area (Å²) < 4.78 is 0.851. The van der Waals surface area contributed by atoms with E-state index in [0.717, 1.165) is 23.5 Å². The zero-order valence-electron chi connectivity index (χ0n) is 15.2. The number of hydrogen-bond acceptors (Lipinski definition) is 3. The quantitative estimate of drug-likeness (QED) is 0.0856. The molecule has 2 N–H and O–H groups in total. The van der Waals surface area contributed by atoms with Gasteiger partial charge in [0.1, 0.15) is 0 Å². The fourth-order valence-corrected chi connectivity index (χ4v) is 3.22. The van der Waals surface area contributed by atoms with Crippen molar-refractivity contribution < 1.29 is 10.0 Å². The first-order chi connectivity index (χ1) is 11.7. The minimum Gasteiger partial charge on any atom is -0.289 e. The normalized spacial score (nSPS) is 10.8. The number of carbonyl (C=O) groups is 1. The number of hydroxylamine groups is 1. The zero-order chi connectivity index (χ0) is 17.9. The van der Waals surface area contributed by atoms with Crippen molar-refractivity contribution >= 4 is 35.0 Å². The van der Waals surface area contributed by atoms with Crippen LogP contribution in [0.25, 0.3) is 0 Å². The third kappa shape index (κ3) is 19.9. The Kier molecular flexibility index (Phi) is 19.1. The maximum absolute atomic E-state index is 10.8. The average Bonchev–Trinajstić information content (AvgIpc) is 2.57. The van der Waals surface area contributed by atoms with Crippen molar-refractivity contribution in [3.8, 4) is 0 Å². The van der Waals surface area contributed by atoms with Gasteiger partial charge in [0, 0.05) is 10.6 Å². The molecule has 0 aliphatic carbocycles. The van der Waals surface area contributed by atoms with Crippen LogP contribution in [0.2, 0.25) is 0 Å². The molecular formula is C19H37NO2S2. The Morgan fingerprint density at radius 2 is 0.958 bits per heavy atom. The van der Waals surface area contributed by atoms with Crippen molar-refractivity contribution in [1.29, 1.82) is 0 Å². The third-order valence-electron chi connectivity index (χ3n) is 4.42. The second-order valence-corrected chi connectivity index (χ2v) is 8.07. The Morgan fingerprint density at radius 1 is 0.667 bits per heavy atom. The van der Waals surface area contributed by atoms with Crippen LogP contribution >= 0.6 is 24.8 Å². The highest BCUT2D eigenvalue weighted by Gasteiger charge is 1.98. The molecule has 1 amide bonds. The molecule has 0 radical (unpaired) electrons. The molecule has 5 heteroatoms. The molecule has 0 atom stereocenters. The van der Waals surface area contributed by atoms with Gasteiger partial charge in [0.25, 0.3) is 0 Å². The van der Waals surface area contributed by atoms with E-state index < -0.39 is 0 Å². The molecule has 142 valence electrons. The summed E-state index contributed by atoms with van der Waals surface area (Å²) in [5, 5.41) is 8.37.